The van der Waals surface area contributed by atoms with Crippen molar-refractivity contribution >= 4 is 0 Å². The quantitative estimate of drug-likeness (QED) is 0.515. The molecule has 37 heavy (non-hydrogen) atoms. The van der Waals surface area contributed by atoms with E-state index >= 15 is 0 Å². The summed E-state index contributed by atoms with van der Waals surface area (Å²) < 4.78 is 33.1. The molecule has 0 radical (unpaired) electrons. The Labute approximate surface area is 223 Å². The SMILES string of the molecule is CC(C)(O)[C@@H]1CC[C@](C)([C@@H]2CC[C@](C)([C@@H]3CC[C@H]([C@]4(C)CC[C@H]([C@]5(C)CC[C@H](C(C)(C)O)O5)O4)O3)O2)O1. The lowest BCUT2D eigenvalue weighted by molar-refractivity contribution is -0.214. The van der Waals surface area contributed by atoms with E-state index in [4.69, 9.17) is 23.7 Å². The highest BCUT2D eigenvalue weighted by Crippen LogP contribution is 2.51. The molecular formula is C30H52O7. The molecule has 0 spiro atoms. The van der Waals surface area contributed by atoms with Crippen LogP contribution in [-0.2, 0) is 23.7 Å². The van der Waals surface area contributed by atoms with Gasteiger partial charge in [-0.1, -0.05) is 0 Å². The summed E-state index contributed by atoms with van der Waals surface area (Å²) in [5, 5.41) is 20.9. The molecule has 2 N–H and O–H groups in total. The third-order valence-electron chi connectivity index (χ3n) is 10.6. The van der Waals surface area contributed by atoms with Gasteiger partial charge in [0.1, 0.15) is 0 Å². The Hall–Kier alpha value is -0.280. The largest absolute Gasteiger partial charge is 0.388 e. The minimum atomic E-state index is -0.841. The van der Waals surface area contributed by atoms with Crippen molar-refractivity contribution in [3.63, 3.8) is 0 Å². The van der Waals surface area contributed by atoms with Crippen LogP contribution in [0.3, 0.4) is 0 Å². The summed E-state index contributed by atoms with van der Waals surface area (Å²) >= 11 is 0. The fraction of sp³-hybridized carbons (Fsp3) is 1.00. The van der Waals surface area contributed by atoms with E-state index in [1.165, 1.54) is 0 Å². The zero-order valence-electron chi connectivity index (χ0n) is 24.5. The van der Waals surface area contributed by atoms with Crippen LogP contribution >= 0.6 is 0 Å². The third kappa shape index (κ3) is 5.16. The summed E-state index contributed by atoms with van der Waals surface area (Å²) in [4.78, 5) is 0. The average Bonchev–Trinajstić information content (AvgIpc) is 3.57. The number of aliphatic hydroxyl groups is 2. The Morgan fingerprint density at radius 1 is 0.486 bits per heavy atom. The minimum absolute atomic E-state index is 0.0124. The van der Waals surface area contributed by atoms with Crippen LogP contribution in [0.15, 0.2) is 0 Å². The van der Waals surface area contributed by atoms with Crippen molar-refractivity contribution in [3.05, 3.63) is 0 Å². The van der Waals surface area contributed by atoms with Gasteiger partial charge in [0, 0.05) is 0 Å². The van der Waals surface area contributed by atoms with E-state index in [0.717, 1.165) is 64.2 Å². The van der Waals surface area contributed by atoms with Gasteiger partial charge in [-0.15, -0.1) is 0 Å². The van der Waals surface area contributed by atoms with Gasteiger partial charge in [-0.2, -0.15) is 0 Å². The van der Waals surface area contributed by atoms with Crippen LogP contribution in [0.2, 0.25) is 0 Å². The maximum Gasteiger partial charge on any atom is 0.0921 e. The highest BCUT2D eigenvalue weighted by Gasteiger charge is 2.58. The number of ether oxygens (including phenoxy) is 5. The Kier molecular flexibility index (Phi) is 6.96. The summed E-state index contributed by atoms with van der Waals surface area (Å²) in [6, 6.07) is 0. The molecule has 0 saturated carbocycles. The normalized spacial score (nSPS) is 51.4. The predicted molar refractivity (Wildman–Crippen MR) is 141 cm³/mol. The summed E-state index contributed by atoms with van der Waals surface area (Å²) in [7, 11) is 0. The van der Waals surface area contributed by atoms with Crippen molar-refractivity contribution in [1.82, 2.24) is 0 Å². The number of rotatable bonds is 6. The summed E-state index contributed by atoms with van der Waals surface area (Å²) in [5.74, 6) is 0. The molecule has 0 aromatic carbocycles. The Morgan fingerprint density at radius 2 is 0.811 bits per heavy atom. The lowest BCUT2D eigenvalue weighted by atomic mass is 9.89. The van der Waals surface area contributed by atoms with E-state index in [0.29, 0.717) is 0 Å². The molecule has 5 rings (SSSR count). The zero-order valence-corrected chi connectivity index (χ0v) is 24.5. The second-order valence-electron chi connectivity index (χ2n) is 14.8. The van der Waals surface area contributed by atoms with Gasteiger partial charge in [-0.25, -0.2) is 0 Å². The molecule has 10 atom stereocenters. The van der Waals surface area contributed by atoms with Crippen molar-refractivity contribution in [2.24, 2.45) is 0 Å². The monoisotopic (exact) mass is 524 g/mol. The first-order valence-corrected chi connectivity index (χ1v) is 14.8. The molecule has 0 aromatic heterocycles. The van der Waals surface area contributed by atoms with Crippen LogP contribution in [0.4, 0.5) is 0 Å². The average molecular weight is 525 g/mol. The van der Waals surface area contributed by atoms with Gasteiger partial charge in [0.25, 0.3) is 0 Å². The summed E-state index contributed by atoms with van der Waals surface area (Å²) in [6.45, 7) is 16.0. The van der Waals surface area contributed by atoms with Crippen LogP contribution in [0.5, 0.6) is 0 Å². The van der Waals surface area contributed by atoms with Crippen molar-refractivity contribution in [2.75, 3.05) is 0 Å². The van der Waals surface area contributed by atoms with Gasteiger partial charge < -0.3 is 33.9 Å². The Bertz CT molecular complexity index is 782. The lowest BCUT2D eigenvalue weighted by Gasteiger charge is -2.39. The van der Waals surface area contributed by atoms with E-state index in [9.17, 15) is 10.2 Å². The maximum absolute atomic E-state index is 10.5. The molecule has 7 nitrogen and oxygen atoms in total. The molecule has 0 bridgehead atoms. The number of hydrogen-bond donors (Lipinski definition) is 2. The summed E-state index contributed by atoms with van der Waals surface area (Å²) in [6.07, 6.45) is 9.04. The molecule has 5 aliphatic rings. The topological polar surface area (TPSA) is 86.6 Å². The number of hydrogen-bond acceptors (Lipinski definition) is 7. The Morgan fingerprint density at radius 3 is 1.14 bits per heavy atom. The van der Waals surface area contributed by atoms with Crippen LogP contribution < -0.4 is 0 Å². The van der Waals surface area contributed by atoms with Gasteiger partial charge in [-0.05, 0) is 120 Å². The molecule has 7 heteroatoms. The van der Waals surface area contributed by atoms with Gasteiger partial charge in [0.2, 0.25) is 0 Å². The molecule has 5 heterocycles. The van der Waals surface area contributed by atoms with Crippen LogP contribution in [0, 0.1) is 0 Å². The maximum atomic E-state index is 10.5. The third-order valence-corrected chi connectivity index (χ3v) is 10.6. The van der Waals surface area contributed by atoms with Crippen LogP contribution in [0.1, 0.15) is 120 Å². The van der Waals surface area contributed by atoms with Gasteiger partial charge in [0.15, 0.2) is 0 Å². The van der Waals surface area contributed by atoms with Crippen molar-refractivity contribution in [1.29, 1.82) is 0 Å². The highest BCUT2D eigenvalue weighted by molar-refractivity contribution is 5.07. The molecule has 214 valence electrons. The van der Waals surface area contributed by atoms with Gasteiger partial charge >= 0.3 is 0 Å². The first-order chi connectivity index (χ1) is 17.0. The van der Waals surface area contributed by atoms with Crippen molar-refractivity contribution in [3.8, 4) is 0 Å². The van der Waals surface area contributed by atoms with E-state index in [1.807, 2.05) is 27.7 Å². The second kappa shape index (κ2) is 9.12. The van der Waals surface area contributed by atoms with Gasteiger partial charge in [-0.3, -0.25) is 0 Å². The predicted octanol–water partition coefficient (Wildman–Crippen LogP) is 4.83. The smallest absolute Gasteiger partial charge is 0.0921 e. The minimum Gasteiger partial charge on any atom is -0.388 e. The van der Waals surface area contributed by atoms with E-state index < -0.39 is 11.2 Å². The van der Waals surface area contributed by atoms with Crippen molar-refractivity contribution in [2.45, 2.75) is 190 Å². The van der Waals surface area contributed by atoms with E-state index in [2.05, 4.69) is 27.7 Å². The van der Waals surface area contributed by atoms with Crippen molar-refractivity contribution < 1.29 is 33.9 Å². The summed E-state index contributed by atoms with van der Waals surface area (Å²) in [5.41, 5.74) is -3.10. The molecule has 0 aromatic rings. The highest BCUT2D eigenvalue weighted by atomic mass is 16.6. The zero-order chi connectivity index (χ0) is 27.1. The first-order valence-electron chi connectivity index (χ1n) is 14.8. The van der Waals surface area contributed by atoms with E-state index in [1.54, 1.807) is 0 Å². The second-order valence-corrected chi connectivity index (χ2v) is 14.8. The van der Waals surface area contributed by atoms with Gasteiger partial charge in [0.05, 0.1) is 70.2 Å². The fourth-order valence-corrected chi connectivity index (χ4v) is 7.78. The van der Waals surface area contributed by atoms with E-state index in [-0.39, 0.29) is 59.0 Å². The first kappa shape index (κ1) is 28.3. The standard InChI is InChI=1S/C30H52O7/c1-25(2,31)19-11-15-29(7,34-19)23-13-17-27(5,36-23)21-9-10-22(33-21)28(6)18-14-24(37-28)30(8)16-12-20(35-30)26(3,4)32/h19-24,31-32H,9-18H2,1-8H3/t19-,20+,21-,22+,23-,24+,27+,28-,29+,30-. The molecule has 0 unspecified atom stereocenters. The Balaban J connectivity index is 1.18. The fourth-order valence-electron chi connectivity index (χ4n) is 7.78. The lowest BCUT2D eigenvalue weighted by Crippen LogP contribution is -2.48. The molecule has 0 amide bonds. The van der Waals surface area contributed by atoms with Crippen LogP contribution in [-0.4, -0.2) is 80.4 Å². The molecular weight excluding hydrogens is 472 g/mol. The van der Waals surface area contributed by atoms with Crippen LogP contribution in [0.25, 0.3) is 0 Å². The molecule has 0 aliphatic carbocycles. The molecule has 5 saturated heterocycles. The molecule has 5 fully saturated rings. The molecule has 5 aliphatic heterocycles.